The van der Waals surface area contributed by atoms with Crippen LogP contribution in [0.25, 0.3) is 0 Å². The maximum Gasteiger partial charge on any atom is 0.321 e. The van der Waals surface area contributed by atoms with Crippen molar-refractivity contribution in [1.82, 2.24) is 5.32 Å². The lowest BCUT2D eigenvalue weighted by molar-refractivity contribution is -0.138. The van der Waals surface area contributed by atoms with Crippen LogP contribution in [0, 0.1) is 0 Å². The van der Waals surface area contributed by atoms with Crippen LogP contribution in [0.2, 0.25) is 0 Å². The molecule has 0 bridgehead atoms. The standard InChI is InChI=1S/C5H10N2O3S/c6-4(8)1-7-3(2-11)5(9)10/h3,7,11H,1-2H2,(H2,6,8)(H,9,10)/t3-/m0/s1. The Morgan fingerprint density at radius 2 is 2.18 bits per heavy atom. The highest BCUT2D eigenvalue weighted by molar-refractivity contribution is 7.80. The predicted molar refractivity (Wildman–Crippen MR) is 42.5 cm³/mol. The van der Waals surface area contributed by atoms with Crippen molar-refractivity contribution in [1.29, 1.82) is 0 Å². The second-order valence-electron chi connectivity index (χ2n) is 1.92. The highest BCUT2D eigenvalue weighted by Gasteiger charge is 2.14. The minimum Gasteiger partial charge on any atom is -0.480 e. The van der Waals surface area contributed by atoms with Crippen LogP contribution in [-0.2, 0) is 9.59 Å². The zero-order chi connectivity index (χ0) is 8.85. The maximum absolute atomic E-state index is 10.3. The van der Waals surface area contributed by atoms with Gasteiger partial charge in [0, 0.05) is 5.75 Å². The van der Waals surface area contributed by atoms with Gasteiger partial charge in [0.05, 0.1) is 6.54 Å². The Hall–Kier alpha value is -0.750. The van der Waals surface area contributed by atoms with Crippen LogP contribution < -0.4 is 11.1 Å². The van der Waals surface area contributed by atoms with Gasteiger partial charge < -0.3 is 10.8 Å². The molecule has 0 rings (SSSR count). The van der Waals surface area contributed by atoms with E-state index in [0.29, 0.717) is 0 Å². The van der Waals surface area contributed by atoms with E-state index in [1.54, 1.807) is 0 Å². The van der Waals surface area contributed by atoms with Crippen LogP contribution >= 0.6 is 12.6 Å². The average molecular weight is 178 g/mol. The van der Waals surface area contributed by atoms with Crippen LogP contribution in [0.3, 0.4) is 0 Å². The van der Waals surface area contributed by atoms with Gasteiger partial charge in [-0.15, -0.1) is 0 Å². The quantitative estimate of drug-likeness (QED) is 0.383. The molecular formula is C5H10N2O3S. The van der Waals surface area contributed by atoms with Crippen molar-refractivity contribution in [3.63, 3.8) is 0 Å². The van der Waals surface area contributed by atoms with Gasteiger partial charge in [0.15, 0.2) is 0 Å². The van der Waals surface area contributed by atoms with Crippen molar-refractivity contribution < 1.29 is 14.7 Å². The van der Waals surface area contributed by atoms with E-state index in [9.17, 15) is 9.59 Å². The molecule has 6 heteroatoms. The lowest BCUT2D eigenvalue weighted by atomic mass is 10.3. The number of hydrogen-bond acceptors (Lipinski definition) is 4. The second kappa shape index (κ2) is 4.97. The van der Waals surface area contributed by atoms with E-state index in [1.807, 2.05) is 0 Å². The highest BCUT2D eigenvalue weighted by Crippen LogP contribution is 1.86. The molecule has 0 aliphatic heterocycles. The minimum atomic E-state index is -1.04. The molecule has 1 amide bonds. The molecule has 11 heavy (non-hydrogen) atoms. The molecule has 0 aliphatic carbocycles. The van der Waals surface area contributed by atoms with Gasteiger partial charge in [-0.05, 0) is 0 Å². The van der Waals surface area contributed by atoms with E-state index in [-0.39, 0.29) is 12.3 Å². The fraction of sp³-hybridized carbons (Fsp3) is 0.600. The van der Waals surface area contributed by atoms with Crippen molar-refractivity contribution in [2.45, 2.75) is 6.04 Å². The van der Waals surface area contributed by atoms with E-state index in [1.165, 1.54) is 0 Å². The summed E-state index contributed by atoms with van der Waals surface area (Å²) in [6.45, 7) is -0.141. The summed E-state index contributed by atoms with van der Waals surface area (Å²) < 4.78 is 0. The Kier molecular flexibility index (Phi) is 4.64. The van der Waals surface area contributed by atoms with Crippen molar-refractivity contribution in [2.24, 2.45) is 5.73 Å². The van der Waals surface area contributed by atoms with Crippen LogP contribution in [0.15, 0.2) is 0 Å². The number of rotatable bonds is 5. The first-order chi connectivity index (χ1) is 5.07. The van der Waals surface area contributed by atoms with Gasteiger partial charge in [-0.3, -0.25) is 14.9 Å². The first-order valence-electron chi connectivity index (χ1n) is 2.93. The van der Waals surface area contributed by atoms with Crippen LogP contribution in [0.1, 0.15) is 0 Å². The van der Waals surface area contributed by atoms with Crippen LogP contribution in [0.5, 0.6) is 0 Å². The Morgan fingerprint density at radius 1 is 1.64 bits per heavy atom. The van der Waals surface area contributed by atoms with Gasteiger partial charge in [-0.25, -0.2) is 0 Å². The monoisotopic (exact) mass is 178 g/mol. The van der Waals surface area contributed by atoms with Crippen LogP contribution in [-0.4, -0.2) is 35.3 Å². The first-order valence-corrected chi connectivity index (χ1v) is 3.56. The third-order valence-corrected chi connectivity index (χ3v) is 1.37. The van der Waals surface area contributed by atoms with Gasteiger partial charge in [0.2, 0.25) is 5.91 Å². The number of nitrogens with two attached hydrogens (primary N) is 1. The molecule has 0 radical (unpaired) electrons. The van der Waals surface area contributed by atoms with Gasteiger partial charge in [0.25, 0.3) is 0 Å². The lowest BCUT2D eigenvalue weighted by Crippen LogP contribution is -2.42. The Balaban J connectivity index is 3.70. The molecule has 64 valence electrons. The third-order valence-electron chi connectivity index (χ3n) is 1.00. The van der Waals surface area contributed by atoms with Crippen molar-refractivity contribution in [3.05, 3.63) is 0 Å². The summed E-state index contributed by atoms with van der Waals surface area (Å²) in [5.74, 6) is -1.50. The largest absolute Gasteiger partial charge is 0.480 e. The smallest absolute Gasteiger partial charge is 0.321 e. The maximum atomic E-state index is 10.3. The molecule has 1 atom stereocenters. The SMILES string of the molecule is NC(=O)CN[C@@H](CS)C(=O)O. The van der Waals surface area contributed by atoms with Crippen molar-refractivity contribution >= 4 is 24.5 Å². The third kappa shape index (κ3) is 4.63. The summed E-state index contributed by atoms with van der Waals surface area (Å²) in [5.41, 5.74) is 4.78. The number of hydrogen-bond donors (Lipinski definition) is 4. The van der Waals surface area contributed by atoms with Gasteiger partial charge in [-0.2, -0.15) is 12.6 Å². The molecule has 0 saturated carbocycles. The molecule has 0 aliphatic rings. The minimum absolute atomic E-state index is 0.128. The number of carbonyl (C=O) groups excluding carboxylic acids is 1. The number of nitrogens with one attached hydrogen (secondary N) is 1. The highest BCUT2D eigenvalue weighted by atomic mass is 32.1. The van der Waals surface area contributed by atoms with E-state index >= 15 is 0 Å². The summed E-state index contributed by atoms with van der Waals surface area (Å²) >= 11 is 3.76. The van der Waals surface area contributed by atoms with E-state index in [2.05, 4.69) is 17.9 Å². The fourth-order valence-corrected chi connectivity index (χ4v) is 0.739. The fourth-order valence-electron chi connectivity index (χ4n) is 0.454. The number of carboxylic acid groups (broad SMARTS) is 1. The number of thiol groups is 1. The normalized spacial score (nSPS) is 12.5. The van der Waals surface area contributed by atoms with Crippen molar-refractivity contribution in [2.75, 3.05) is 12.3 Å². The van der Waals surface area contributed by atoms with E-state index < -0.39 is 17.9 Å². The summed E-state index contributed by atoms with van der Waals surface area (Å²) in [6.07, 6.45) is 0. The number of aliphatic carboxylic acids is 1. The number of carboxylic acids is 1. The first kappa shape index (κ1) is 10.2. The molecule has 4 N–H and O–H groups in total. The Bertz CT molecular complexity index is 162. The van der Waals surface area contributed by atoms with Gasteiger partial charge in [0.1, 0.15) is 6.04 Å². The zero-order valence-electron chi connectivity index (χ0n) is 5.78. The summed E-state index contributed by atoms with van der Waals surface area (Å²) in [7, 11) is 0. The Morgan fingerprint density at radius 3 is 2.45 bits per heavy atom. The number of carbonyl (C=O) groups is 2. The number of primary amides is 1. The molecule has 0 aromatic rings. The predicted octanol–water partition coefficient (Wildman–Crippen LogP) is -1.56. The topological polar surface area (TPSA) is 92.4 Å². The molecule has 0 fully saturated rings. The molecule has 0 heterocycles. The zero-order valence-corrected chi connectivity index (χ0v) is 6.67. The van der Waals surface area contributed by atoms with Crippen molar-refractivity contribution in [3.8, 4) is 0 Å². The molecule has 0 spiro atoms. The van der Waals surface area contributed by atoms with E-state index in [4.69, 9.17) is 10.8 Å². The molecule has 0 aromatic carbocycles. The molecule has 0 saturated heterocycles. The molecule has 0 aromatic heterocycles. The van der Waals surface area contributed by atoms with E-state index in [0.717, 1.165) is 0 Å². The summed E-state index contributed by atoms with van der Waals surface area (Å²) in [5, 5.41) is 10.8. The van der Waals surface area contributed by atoms with Gasteiger partial charge in [-0.1, -0.05) is 0 Å². The summed E-state index contributed by atoms with van der Waals surface area (Å²) in [6, 6.07) is -0.814. The average Bonchev–Trinajstić information content (AvgIpc) is 1.87. The molecular weight excluding hydrogens is 168 g/mol. The Labute approximate surface area is 69.4 Å². The van der Waals surface area contributed by atoms with Crippen LogP contribution in [0.4, 0.5) is 0 Å². The molecule has 0 unspecified atom stereocenters. The van der Waals surface area contributed by atoms with Gasteiger partial charge >= 0.3 is 5.97 Å². The second-order valence-corrected chi connectivity index (χ2v) is 2.29. The number of amides is 1. The summed E-state index contributed by atoms with van der Waals surface area (Å²) in [4.78, 5) is 20.5. The lowest BCUT2D eigenvalue weighted by Gasteiger charge is -2.08. The molecule has 5 nitrogen and oxygen atoms in total.